The monoisotopic (exact) mass is 357 g/mol. The van der Waals surface area contributed by atoms with Crippen molar-refractivity contribution >= 4 is 17.2 Å². The van der Waals surface area contributed by atoms with Crippen molar-refractivity contribution in [3.8, 4) is 22.1 Å². The summed E-state index contributed by atoms with van der Waals surface area (Å²) in [6, 6.07) is 9.64. The van der Waals surface area contributed by atoms with Gasteiger partial charge in [0.15, 0.2) is 11.5 Å². The molecule has 6 nitrogen and oxygen atoms in total. The highest BCUT2D eigenvalue weighted by Gasteiger charge is 2.15. The van der Waals surface area contributed by atoms with Crippen LogP contribution in [0.1, 0.15) is 15.9 Å². The largest absolute Gasteiger partial charge is 0.493 e. The number of H-pyrrole nitrogens is 1. The fourth-order valence-electron chi connectivity index (χ4n) is 2.52. The molecule has 0 atom stereocenters. The van der Waals surface area contributed by atoms with E-state index in [2.05, 4.69) is 15.5 Å². The van der Waals surface area contributed by atoms with Gasteiger partial charge in [-0.05, 0) is 35.6 Å². The van der Waals surface area contributed by atoms with Gasteiger partial charge in [-0.2, -0.15) is 5.10 Å². The van der Waals surface area contributed by atoms with E-state index in [0.29, 0.717) is 30.0 Å². The summed E-state index contributed by atoms with van der Waals surface area (Å²) in [5.41, 5.74) is 2.36. The number of amides is 1. The van der Waals surface area contributed by atoms with Gasteiger partial charge in [-0.15, -0.1) is 11.3 Å². The SMILES string of the molecule is COc1ccc(CCNC(=O)c2cn[nH]c2-c2cccs2)cc1OC. The van der Waals surface area contributed by atoms with Crippen molar-refractivity contribution < 1.29 is 14.3 Å². The number of nitrogens with one attached hydrogen (secondary N) is 2. The quantitative estimate of drug-likeness (QED) is 0.681. The third-order valence-electron chi connectivity index (χ3n) is 3.80. The molecule has 0 saturated heterocycles. The summed E-state index contributed by atoms with van der Waals surface area (Å²) < 4.78 is 10.5. The number of ether oxygens (including phenoxy) is 2. The van der Waals surface area contributed by atoms with Gasteiger partial charge in [-0.25, -0.2) is 0 Å². The van der Waals surface area contributed by atoms with E-state index in [-0.39, 0.29) is 5.91 Å². The van der Waals surface area contributed by atoms with Crippen LogP contribution in [0.3, 0.4) is 0 Å². The first kappa shape index (κ1) is 17.0. The van der Waals surface area contributed by atoms with E-state index >= 15 is 0 Å². The molecule has 1 amide bonds. The molecule has 0 unspecified atom stereocenters. The molecule has 0 aliphatic carbocycles. The normalized spacial score (nSPS) is 10.5. The molecule has 0 radical (unpaired) electrons. The first-order valence-electron chi connectivity index (χ1n) is 7.79. The van der Waals surface area contributed by atoms with Crippen molar-refractivity contribution in [3.63, 3.8) is 0 Å². The zero-order valence-electron chi connectivity index (χ0n) is 14.0. The van der Waals surface area contributed by atoms with Crippen LogP contribution in [0, 0.1) is 0 Å². The van der Waals surface area contributed by atoms with Crippen molar-refractivity contribution in [2.24, 2.45) is 0 Å². The summed E-state index contributed by atoms with van der Waals surface area (Å²) in [5, 5.41) is 11.8. The first-order valence-corrected chi connectivity index (χ1v) is 8.67. The summed E-state index contributed by atoms with van der Waals surface area (Å²) in [7, 11) is 3.21. The average molecular weight is 357 g/mol. The molecular weight excluding hydrogens is 338 g/mol. The Morgan fingerprint density at radius 3 is 2.80 bits per heavy atom. The molecule has 0 aliphatic rings. The average Bonchev–Trinajstić information content (AvgIpc) is 3.32. The maximum Gasteiger partial charge on any atom is 0.255 e. The standard InChI is InChI=1S/C18H19N3O3S/c1-23-14-6-5-12(10-15(14)24-2)7-8-19-18(22)13-11-20-21-17(13)16-4-3-9-25-16/h3-6,9-11H,7-8H2,1-2H3,(H,19,22)(H,20,21). The molecule has 3 aromatic rings. The third-order valence-corrected chi connectivity index (χ3v) is 4.69. The predicted molar refractivity (Wildman–Crippen MR) is 97.5 cm³/mol. The van der Waals surface area contributed by atoms with Gasteiger partial charge >= 0.3 is 0 Å². The second kappa shape index (κ2) is 7.85. The molecule has 2 N–H and O–H groups in total. The molecule has 0 fully saturated rings. The second-order valence-corrected chi connectivity index (χ2v) is 6.28. The highest BCUT2D eigenvalue weighted by molar-refractivity contribution is 7.13. The van der Waals surface area contributed by atoms with E-state index in [4.69, 9.17) is 9.47 Å². The third kappa shape index (κ3) is 3.83. The van der Waals surface area contributed by atoms with Gasteiger partial charge < -0.3 is 14.8 Å². The van der Waals surface area contributed by atoms with E-state index in [1.165, 1.54) is 0 Å². The molecule has 7 heteroatoms. The number of methoxy groups -OCH3 is 2. The highest BCUT2D eigenvalue weighted by atomic mass is 32.1. The number of carbonyl (C=O) groups is 1. The van der Waals surface area contributed by atoms with Gasteiger partial charge in [0.05, 0.1) is 36.6 Å². The van der Waals surface area contributed by atoms with E-state index in [1.54, 1.807) is 31.8 Å². The number of nitrogens with zero attached hydrogens (tertiary/aromatic N) is 1. The molecule has 25 heavy (non-hydrogen) atoms. The Labute approximate surface area is 149 Å². The molecule has 2 heterocycles. The summed E-state index contributed by atoms with van der Waals surface area (Å²) in [6.45, 7) is 0.517. The van der Waals surface area contributed by atoms with Gasteiger partial charge in [-0.3, -0.25) is 9.89 Å². The molecule has 0 bridgehead atoms. The number of thiophene rings is 1. The van der Waals surface area contributed by atoms with Crippen LogP contribution >= 0.6 is 11.3 Å². The molecule has 0 aliphatic heterocycles. The van der Waals surface area contributed by atoms with Gasteiger partial charge in [0.1, 0.15) is 0 Å². The Morgan fingerprint density at radius 2 is 2.08 bits per heavy atom. The van der Waals surface area contributed by atoms with Crippen molar-refractivity contribution in [3.05, 3.63) is 53.0 Å². The van der Waals surface area contributed by atoms with Crippen LogP contribution in [0.5, 0.6) is 11.5 Å². The fraction of sp³-hybridized carbons (Fsp3) is 0.222. The topological polar surface area (TPSA) is 76.2 Å². The lowest BCUT2D eigenvalue weighted by atomic mass is 10.1. The van der Waals surface area contributed by atoms with Crippen molar-refractivity contribution in [1.82, 2.24) is 15.5 Å². The van der Waals surface area contributed by atoms with Crippen LogP contribution < -0.4 is 14.8 Å². The molecule has 130 valence electrons. The van der Waals surface area contributed by atoms with Crippen molar-refractivity contribution in [2.75, 3.05) is 20.8 Å². The first-order chi connectivity index (χ1) is 12.2. The number of benzene rings is 1. The smallest absolute Gasteiger partial charge is 0.255 e. The zero-order valence-corrected chi connectivity index (χ0v) is 14.9. The highest BCUT2D eigenvalue weighted by Crippen LogP contribution is 2.28. The molecule has 3 rings (SSSR count). The predicted octanol–water partition coefficient (Wildman–Crippen LogP) is 3.13. The van der Waals surface area contributed by atoms with Crippen LogP contribution in [-0.2, 0) is 6.42 Å². The van der Waals surface area contributed by atoms with Crippen LogP contribution in [-0.4, -0.2) is 36.9 Å². The minimum Gasteiger partial charge on any atom is -0.493 e. The Hall–Kier alpha value is -2.80. The van der Waals surface area contributed by atoms with Crippen LogP contribution in [0.4, 0.5) is 0 Å². The van der Waals surface area contributed by atoms with Crippen molar-refractivity contribution in [1.29, 1.82) is 0 Å². The van der Waals surface area contributed by atoms with Crippen LogP contribution in [0.15, 0.2) is 41.9 Å². The molecule has 2 aromatic heterocycles. The number of rotatable bonds is 7. The summed E-state index contributed by atoms with van der Waals surface area (Å²) >= 11 is 1.56. The van der Waals surface area contributed by atoms with E-state index < -0.39 is 0 Å². The minimum absolute atomic E-state index is 0.141. The molecule has 0 spiro atoms. The van der Waals surface area contributed by atoms with Gasteiger partial charge in [0.25, 0.3) is 5.91 Å². The second-order valence-electron chi connectivity index (χ2n) is 5.33. The van der Waals surface area contributed by atoms with E-state index in [1.807, 2.05) is 35.7 Å². The number of hydrogen-bond acceptors (Lipinski definition) is 5. The number of aromatic nitrogens is 2. The molecule has 0 saturated carbocycles. The Morgan fingerprint density at radius 1 is 1.24 bits per heavy atom. The van der Waals surface area contributed by atoms with E-state index in [0.717, 1.165) is 16.1 Å². The lowest BCUT2D eigenvalue weighted by Crippen LogP contribution is -2.25. The molecule has 1 aromatic carbocycles. The number of aromatic amines is 1. The maximum atomic E-state index is 12.4. The summed E-state index contributed by atoms with van der Waals surface area (Å²) in [4.78, 5) is 13.4. The Kier molecular flexibility index (Phi) is 5.35. The summed E-state index contributed by atoms with van der Waals surface area (Å²) in [5.74, 6) is 1.23. The number of hydrogen-bond donors (Lipinski definition) is 2. The van der Waals surface area contributed by atoms with Crippen molar-refractivity contribution in [2.45, 2.75) is 6.42 Å². The summed E-state index contributed by atoms with van der Waals surface area (Å²) in [6.07, 6.45) is 2.25. The van der Waals surface area contributed by atoms with Gasteiger partial charge in [0.2, 0.25) is 0 Å². The van der Waals surface area contributed by atoms with Crippen LogP contribution in [0.25, 0.3) is 10.6 Å². The Bertz CT molecular complexity index is 843. The lowest BCUT2D eigenvalue weighted by Gasteiger charge is -2.10. The minimum atomic E-state index is -0.141. The Balaban J connectivity index is 1.61. The fourth-order valence-corrected chi connectivity index (χ4v) is 3.25. The van der Waals surface area contributed by atoms with Gasteiger partial charge in [0, 0.05) is 6.54 Å². The van der Waals surface area contributed by atoms with E-state index in [9.17, 15) is 4.79 Å². The number of carbonyl (C=O) groups excluding carboxylic acids is 1. The molecular formula is C18H19N3O3S. The van der Waals surface area contributed by atoms with Gasteiger partial charge in [-0.1, -0.05) is 12.1 Å². The zero-order chi connectivity index (χ0) is 17.6. The lowest BCUT2D eigenvalue weighted by molar-refractivity contribution is 0.0955. The van der Waals surface area contributed by atoms with Crippen LogP contribution in [0.2, 0.25) is 0 Å². The maximum absolute atomic E-state index is 12.4.